The van der Waals surface area contributed by atoms with E-state index in [1.165, 1.54) is 11.3 Å². The Hall–Kier alpha value is -1.04. The van der Waals surface area contributed by atoms with Crippen LogP contribution >= 0.6 is 11.8 Å². The summed E-state index contributed by atoms with van der Waals surface area (Å²) in [6, 6.07) is 10.5. The monoisotopic (exact) mass is 334 g/mol. The summed E-state index contributed by atoms with van der Waals surface area (Å²) in [5.41, 5.74) is 0. The molecule has 0 aliphatic carbocycles. The van der Waals surface area contributed by atoms with Gasteiger partial charge in [-0.1, -0.05) is 18.2 Å². The van der Waals surface area contributed by atoms with E-state index < -0.39 is 0 Å². The Kier molecular flexibility index (Phi) is 6.37. The number of likely N-dealkylation sites (tertiary alicyclic amines) is 1. The lowest BCUT2D eigenvalue weighted by molar-refractivity contribution is -0.122. The molecule has 2 aliphatic rings. The van der Waals surface area contributed by atoms with E-state index in [1.54, 1.807) is 0 Å². The zero-order chi connectivity index (χ0) is 15.9. The second kappa shape index (κ2) is 8.71. The topological polar surface area (TPSA) is 41.6 Å². The van der Waals surface area contributed by atoms with Crippen LogP contribution in [0.25, 0.3) is 0 Å². The van der Waals surface area contributed by atoms with E-state index in [1.807, 2.05) is 11.8 Å². The van der Waals surface area contributed by atoms with Gasteiger partial charge in [0.2, 0.25) is 5.91 Å². The highest BCUT2D eigenvalue weighted by molar-refractivity contribution is 7.99. The summed E-state index contributed by atoms with van der Waals surface area (Å²) >= 11 is 1.92. The Morgan fingerprint density at radius 2 is 2.17 bits per heavy atom. The van der Waals surface area contributed by atoms with Gasteiger partial charge in [0, 0.05) is 30.3 Å². The first-order valence-electron chi connectivity index (χ1n) is 8.58. The van der Waals surface area contributed by atoms with Crippen LogP contribution in [0.3, 0.4) is 0 Å². The van der Waals surface area contributed by atoms with Crippen LogP contribution in [0.2, 0.25) is 0 Å². The number of hydrogen-bond acceptors (Lipinski definition) is 4. The lowest BCUT2D eigenvalue weighted by Gasteiger charge is -2.17. The third-order valence-electron chi connectivity index (χ3n) is 4.52. The fourth-order valence-corrected chi connectivity index (χ4v) is 4.27. The van der Waals surface area contributed by atoms with Crippen LogP contribution in [0.4, 0.5) is 0 Å². The van der Waals surface area contributed by atoms with Crippen molar-refractivity contribution in [3.05, 3.63) is 30.3 Å². The number of carbonyl (C=O) groups is 1. The van der Waals surface area contributed by atoms with E-state index in [9.17, 15) is 4.79 Å². The van der Waals surface area contributed by atoms with E-state index in [0.29, 0.717) is 19.0 Å². The van der Waals surface area contributed by atoms with Crippen molar-refractivity contribution >= 4 is 17.7 Å². The van der Waals surface area contributed by atoms with E-state index in [4.69, 9.17) is 4.74 Å². The number of amides is 1. The van der Waals surface area contributed by atoms with Crippen molar-refractivity contribution in [2.75, 3.05) is 38.5 Å². The molecule has 0 saturated carbocycles. The van der Waals surface area contributed by atoms with E-state index >= 15 is 0 Å². The predicted octanol–water partition coefficient (Wildman–Crippen LogP) is 2.40. The van der Waals surface area contributed by atoms with Gasteiger partial charge in [-0.25, -0.2) is 0 Å². The second-order valence-electron chi connectivity index (χ2n) is 6.45. The van der Waals surface area contributed by atoms with Crippen molar-refractivity contribution in [2.24, 2.45) is 5.92 Å². The Morgan fingerprint density at radius 1 is 1.30 bits per heavy atom. The summed E-state index contributed by atoms with van der Waals surface area (Å²) in [4.78, 5) is 15.6. The highest BCUT2D eigenvalue weighted by Crippen LogP contribution is 2.25. The minimum atomic E-state index is 0.136. The van der Waals surface area contributed by atoms with Crippen LogP contribution in [-0.4, -0.2) is 55.4 Å². The van der Waals surface area contributed by atoms with Crippen LogP contribution in [0.15, 0.2) is 35.2 Å². The molecule has 3 rings (SSSR count). The molecular formula is C18H26N2O2S. The second-order valence-corrected chi connectivity index (χ2v) is 7.55. The summed E-state index contributed by atoms with van der Waals surface area (Å²) in [6.07, 6.45) is 3.61. The van der Waals surface area contributed by atoms with Crippen LogP contribution in [-0.2, 0) is 9.53 Å². The van der Waals surface area contributed by atoms with Gasteiger partial charge in [-0.2, -0.15) is 0 Å². The summed E-state index contributed by atoms with van der Waals surface area (Å²) in [7, 11) is 0. The predicted molar refractivity (Wildman–Crippen MR) is 93.7 cm³/mol. The molecule has 23 heavy (non-hydrogen) atoms. The molecule has 1 amide bonds. The van der Waals surface area contributed by atoms with Gasteiger partial charge in [0.25, 0.3) is 0 Å². The van der Waals surface area contributed by atoms with Crippen LogP contribution < -0.4 is 5.32 Å². The van der Waals surface area contributed by atoms with Gasteiger partial charge < -0.3 is 10.1 Å². The summed E-state index contributed by atoms with van der Waals surface area (Å²) in [5, 5.41) is 3.01. The minimum absolute atomic E-state index is 0.136. The quantitative estimate of drug-likeness (QED) is 0.778. The number of nitrogens with zero attached hydrogens (tertiary/aromatic N) is 1. The lowest BCUT2D eigenvalue weighted by atomic mass is 10.2. The normalized spacial score (nSPS) is 24.9. The molecule has 0 radical (unpaired) electrons. The van der Waals surface area contributed by atoms with Crippen molar-refractivity contribution in [1.82, 2.24) is 10.2 Å². The number of rotatable bonds is 7. The number of nitrogens with one attached hydrogen (secondary N) is 1. The summed E-state index contributed by atoms with van der Waals surface area (Å²) < 4.78 is 5.53. The Bertz CT molecular complexity index is 491. The summed E-state index contributed by atoms with van der Waals surface area (Å²) in [5.74, 6) is 1.96. The fraction of sp³-hybridized carbons (Fsp3) is 0.611. The summed E-state index contributed by atoms with van der Waals surface area (Å²) in [6.45, 7) is 4.10. The molecule has 5 heteroatoms. The van der Waals surface area contributed by atoms with Gasteiger partial charge in [-0.15, -0.1) is 11.8 Å². The first kappa shape index (κ1) is 16.8. The van der Waals surface area contributed by atoms with Gasteiger partial charge in [-0.3, -0.25) is 9.69 Å². The van der Waals surface area contributed by atoms with E-state index in [0.717, 1.165) is 38.3 Å². The molecule has 2 aliphatic heterocycles. The van der Waals surface area contributed by atoms with Crippen molar-refractivity contribution < 1.29 is 9.53 Å². The Balaban J connectivity index is 1.32. The maximum absolute atomic E-state index is 12.0. The molecule has 1 N–H and O–H groups in total. The molecule has 0 spiro atoms. The van der Waals surface area contributed by atoms with Crippen molar-refractivity contribution in [1.29, 1.82) is 0 Å². The molecule has 2 heterocycles. The fourth-order valence-electron chi connectivity index (χ4n) is 3.22. The Labute approximate surface area is 143 Å². The third-order valence-corrected chi connectivity index (χ3v) is 5.76. The van der Waals surface area contributed by atoms with Crippen LogP contribution in [0.1, 0.15) is 19.3 Å². The number of benzene rings is 1. The van der Waals surface area contributed by atoms with E-state index in [-0.39, 0.29) is 12.0 Å². The molecule has 0 aromatic heterocycles. The van der Waals surface area contributed by atoms with Crippen molar-refractivity contribution in [3.63, 3.8) is 0 Å². The third kappa shape index (κ3) is 5.52. The van der Waals surface area contributed by atoms with Gasteiger partial charge >= 0.3 is 0 Å². The zero-order valence-corrected chi connectivity index (χ0v) is 14.4. The molecule has 0 bridgehead atoms. The number of thioether (sulfide) groups is 1. The molecule has 1 aromatic carbocycles. The smallest absolute Gasteiger partial charge is 0.234 e. The highest BCUT2D eigenvalue weighted by atomic mass is 32.2. The number of ether oxygens (including phenoxy) is 1. The maximum atomic E-state index is 12.0. The lowest BCUT2D eigenvalue weighted by Crippen LogP contribution is -2.39. The van der Waals surface area contributed by atoms with Crippen LogP contribution in [0.5, 0.6) is 0 Å². The average molecular weight is 334 g/mol. The molecule has 2 fully saturated rings. The minimum Gasteiger partial charge on any atom is -0.376 e. The number of hydrogen-bond donors (Lipinski definition) is 1. The van der Waals surface area contributed by atoms with Gasteiger partial charge in [0.1, 0.15) is 0 Å². The van der Waals surface area contributed by atoms with Gasteiger partial charge in [0.15, 0.2) is 0 Å². The molecule has 1 aromatic rings. The largest absolute Gasteiger partial charge is 0.376 e. The Morgan fingerprint density at radius 3 is 2.96 bits per heavy atom. The zero-order valence-electron chi connectivity index (χ0n) is 13.6. The maximum Gasteiger partial charge on any atom is 0.234 e. The van der Waals surface area contributed by atoms with Crippen molar-refractivity contribution in [3.8, 4) is 0 Å². The van der Waals surface area contributed by atoms with Gasteiger partial charge in [0.05, 0.1) is 12.6 Å². The van der Waals surface area contributed by atoms with Crippen molar-refractivity contribution in [2.45, 2.75) is 30.3 Å². The van der Waals surface area contributed by atoms with Gasteiger partial charge in [-0.05, 0) is 43.9 Å². The average Bonchev–Trinajstić information content (AvgIpc) is 3.24. The van der Waals surface area contributed by atoms with E-state index in [2.05, 4.69) is 40.5 Å². The molecule has 4 nitrogen and oxygen atoms in total. The number of carbonyl (C=O) groups excluding carboxylic acids is 1. The first-order valence-corrected chi connectivity index (χ1v) is 9.56. The molecule has 0 unspecified atom stereocenters. The standard InChI is InChI=1S/C18H26N2O2S/c21-18(19-11-16-5-4-10-22-16)13-20-9-8-15(12-20)14-23-17-6-2-1-3-7-17/h1-3,6-7,15-16H,4-5,8-14H2,(H,19,21)/t15-,16-/m0/s1. The highest BCUT2D eigenvalue weighted by Gasteiger charge is 2.24. The molecule has 126 valence electrons. The SMILES string of the molecule is O=C(CN1CC[C@H](CSc2ccccc2)C1)NC[C@@H]1CCCO1. The molecule has 2 saturated heterocycles. The molecule has 2 atom stereocenters. The molecular weight excluding hydrogens is 308 g/mol. The first-order chi connectivity index (χ1) is 11.3. The van der Waals surface area contributed by atoms with Crippen LogP contribution in [0, 0.1) is 5.92 Å².